The van der Waals surface area contributed by atoms with Gasteiger partial charge in [-0.25, -0.2) is 24.6 Å². The molecule has 0 spiro atoms. The number of aromatic nitrogens is 5. The van der Waals surface area contributed by atoms with Crippen LogP contribution < -0.4 is 0 Å². The summed E-state index contributed by atoms with van der Waals surface area (Å²) in [4.78, 5) is 22.2. The van der Waals surface area contributed by atoms with Crippen LogP contribution in [-0.4, -0.2) is 24.1 Å². The highest BCUT2D eigenvalue weighted by Gasteiger charge is 2.32. The van der Waals surface area contributed by atoms with E-state index >= 15 is 13.2 Å². The van der Waals surface area contributed by atoms with Crippen LogP contribution in [0.1, 0.15) is 16.7 Å². The summed E-state index contributed by atoms with van der Waals surface area (Å²) < 4.78 is 49.0. The van der Waals surface area contributed by atoms with Crippen molar-refractivity contribution < 1.29 is 13.2 Å². The molecule has 8 aromatic carbocycles. The third-order valence-electron chi connectivity index (χ3n) is 12.1. The zero-order valence-electron chi connectivity index (χ0n) is 35.3. The summed E-state index contributed by atoms with van der Waals surface area (Å²) in [5.74, 6) is 1.14. The number of nitrogens with zero attached hydrogens (tertiary/aromatic N) is 9. The molecule has 0 saturated heterocycles. The first-order chi connectivity index (χ1) is 33.1. The lowest BCUT2D eigenvalue weighted by Crippen LogP contribution is -2.08. The average Bonchev–Trinajstić information content (AvgIpc) is 3.89. The van der Waals surface area contributed by atoms with Crippen LogP contribution in [-0.2, 0) is 6.18 Å². The molecule has 0 aliphatic rings. The summed E-state index contributed by atoms with van der Waals surface area (Å²) in [6.07, 6.45) is -4.73. The Kier molecular flexibility index (Phi) is 9.60. The van der Waals surface area contributed by atoms with Crippen molar-refractivity contribution in [3.05, 3.63) is 209 Å². The number of benzene rings is 8. The van der Waals surface area contributed by atoms with Crippen molar-refractivity contribution in [1.29, 1.82) is 10.5 Å². The van der Waals surface area contributed by atoms with Crippen molar-refractivity contribution in [2.75, 3.05) is 0 Å². The summed E-state index contributed by atoms with van der Waals surface area (Å²) >= 11 is 0. The van der Waals surface area contributed by atoms with E-state index in [1.165, 1.54) is 6.07 Å². The standard InChI is InChI=1S/C56H28F3N9/c1-62-39-17-23-50-45(29-39)46-30-40(63-2)18-24-51(46)67(50)49-22-16-38(56(57,58)59)28-44(49)41-19-15-37(55-65-53(35-9-5-3-6-10-35)64-54(66-55)36-11-7-4-8-12-36)27-52(41)68-47-20-13-33(31-60)25-42(47)43-26-34(32-61)14-21-48(43)68/h3-30H. The topological polar surface area (TPSA) is 105 Å². The molecular weight excluding hydrogens is 856 g/mol. The summed E-state index contributed by atoms with van der Waals surface area (Å²) in [5, 5.41) is 22.7. The maximum atomic E-state index is 15.1. The third-order valence-corrected chi connectivity index (χ3v) is 12.1. The number of hydrogen-bond donors (Lipinski definition) is 0. The first-order valence-electron chi connectivity index (χ1n) is 21.1. The number of alkyl halides is 3. The molecule has 0 aliphatic carbocycles. The molecule has 0 saturated carbocycles. The first kappa shape index (κ1) is 40.9. The molecule has 0 amide bonds. The summed E-state index contributed by atoms with van der Waals surface area (Å²) in [7, 11) is 0. The Hall–Kier alpha value is -9.88. The summed E-state index contributed by atoms with van der Waals surface area (Å²) in [6, 6.07) is 53.2. The summed E-state index contributed by atoms with van der Waals surface area (Å²) in [6.45, 7) is 15.5. The molecule has 0 aliphatic heterocycles. The Bertz CT molecular complexity index is 3870. The number of hydrogen-bond acceptors (Lipinski definition) is 5. The molecule has 318 valence electrons. The Morgan fingerprint density at radius 1 is 0.441 bits per heavy atom. The normalized spacial score (nSPS) is 11.4. The summed E-state index contributed by atoms with van der Waals surface area (Å²) in [5.41, 5.74) is 6.60. The van der Waals surface area contributed by atoms with Gasteiger partial charge in [0.2, 0.25) is 0 Å². The second-order valence-corrected chi connectivity index (χ2v) is 16.0. The minimum Gasteiger partial charge on any atom is -0.309 e. The second kappa shape index (κ2) is 16.0. The van der Waals surface area contributed by atoms with Gasteiger partial charge in [-0.2, -0.15) is 23.7 Å². The van der Waals surface area contributed by atoms with E-state index < -0.39 is 11.7 Å². The van der Waals surface area contributed by atoms with E-state index in [-0.39, 0.29) is 5.56 Å². The molecule has 3 heterocycles. The third kappa shape index (κ3) is 6.82. The zero-order chi connectivity index (χ0) is 46.7. The highest BCUT2D eigenvalue weighted by atomic mass is 19.4. The van der Waals surface area contributed by atoms with Gasteiger partial charge in [0.25, 0.3) is 0 Å². The number of halogens is 3. The molecule has 12 heteroatoms. The molecular formula is C56H28F3N9. The molecule has 0 unspecified atom stereocenters. The molecule has 11 rings (SSSR count). The molecule has 9 nitrogen and oxygen atoms in total. The van der Waals surface area contributed by atoms with E-state index in [9.17, 15) is 10.5 Å². The highest BCUT2D eigenvalue weighted by Crippen LogP contribution is 2.45. The molecule has 0 N–H and O–H groups in total. The molecule has 0 fully saturated rings. The van der Waals surface area contributed by atoms with Crippen molar-refractivity contribution in [3.8, 4) is 68.8 Å². The van der Waals surface area contributed by atoms with Crippen LogP contribution in [0.5, 0.6) is 0 Å². The zero-order valence-corrected chi connectivity index (χ0v) is 35.3. The SMILES string of the molecule is [C-]#[N+]c1ccc2c(c1)c1cc([N+]#[C-])ccc1n2-c1ccc(C(F)(F)F)cc1-c1ccc(-c2nc(-c3ccccc3)nc(-c3ccccc3)n2)cc1-n1c2ccc(C#N)cc2c2cc(C#N)ccc21. The van der Waals surface area contributed by atoms with E-state index in [1.54, 1.807) is 84.9 Å². The van der Waals surface area contributed by atoms with Gasteiger partial charge in [0.1, 0.15) is 0 Å². The van der Waals surface area contributed by atoms with Gasteiger partial charge in [0.15, 0.2) is 28.8 Å². The van der Waals surface area contributed by atoms with E-state index in [0.717, 1.165) is 23.3 Å². The molecule has 0 atom stereocenters. The van der Waals surface area contributed by atoms with Crippen LogP contribution in [0, 0.1) is 35.8 Å². The fraction of sp³-hybridized carbons (Fsp3) is 0.0179. The van der Waals surface area contributed by atoms with Gasteiger partial charge in [-0.05, 0) is 95.7 Å². The van der Waals surface area contributed by atoms with E-state index in [2.05, 4.69) is 21.8 Å². The maximum absolute atomic E-state index is 15.1. The van der Waals surface area contributed by atoms with Crippen molar-refractivity contribution in [2.45, 2.75) is 6.18 Å². The van der Waals surface area contributed by atoms with Crippen LogP contribution in [0.3, 0.4) is 0 Å². The fourth-order valence-electron chi connectivity index (χ4n) is 8.96. The van der Waals surface area contributed by atoms with Crippen LogP contribution >= 0.6 is 0 Å². The lowest BCUT2D eigenvalue weighted by atomic mass is 9.96. The lowest BCUT2D eigenvalue weighted by molar-refractivity contribution is -0.137. The van der Waals surface area contributed by atoms with E-state index in [4.69, 9.17) is 28.1 Å². The molecule has 3 aromatic heterocycles. The van der Waals surface area contributed by atoms with Crippen LogP contribution in [0.4, 0.5) is 24.5 Å². The minimum atomic E-state index is -4.73. The highest BCUT2D eigenvalue weighted by molar-refractivity contribution is 6.13. The van der Waals surface area contributed by atoms with Crippen LogP contribution in [0.25, 0.3) is 110 Å². The number of nitriles is 2. The predicted octanol–water partition coefficient (Wildman–Crippen LogP) is 14.6. The van der Waals surface area contributed by atoms with Gasteiger partial charge in [0, 0.05) is 38.6 Å². The smallest absolute Gasteiger partial charge is 0.309 e. The molecule has 68 heavy (non-hydrogen) atoms. The van der Waals surface area contributed by atoms with Crippen molar-refractivity contribution >= 4 is 55.0 Å². The number of rotatable bonds is 6. The second-order valence-electron chi connectivity index (χ2n) is 16.0. The van der Waals surface area contributed by atoms with Gasteiger partial charge in [-0.1, -0.05) is 84.9 Å². The number of fused-ring (bicyclic) bond motifs is 6. The lowest BCUT2D eigenvalue weighted by Gasteiger charge is -2.21. The monoisotopic (exact) mass is 883 g/mol. The van der Waals surface area contributed by atoms with Crippen LogP contribution in [0.2, 0.25) is 0 Å². The average molecular weight is 884 g/mol. The largest absolute Gasteiger partial charge is 0.416 e. The maximum Gasteiger partial charge on any atom is 0.416 e. The fourth-order valence-corrected chi connectivity index (χ4v) is 8.96. The van der Waals surface area contributed by atoms with Crippen molar-refractivity contribution in [2.24, 2.45) is 0 Å². The predicted molar refractivity (Wildman–Crippen MR) is 257 cm³/mol. The van der Waals surface area contributed by atoms with Gasteiger partial charge >= 0.3 is 6.18 Å². The minimum absolute atomic E-state index is 0.214. The van der Waals surface area contributed by atoms with Gasteiger partial charge in [-0.15, -0.1) is 0 Å². The Labute approximate surface area is 385 Å². The quantitative estimate of drug-likeness (QED) is 0.155. The van der Waals surface area contributed by atoms with E-state index in [0.29, 0.717) is 106 Å². The van der Waals surface area contributed by atoms with Crippen molar-refractivity contribution in [3.63, 3.8) is 0 Å². The van der Waals surface area contributed by atoms with Gasteiger partial charge < -0.3 is 9.13 Å². The van der Waals surface area contributed by atoms with Gasteiger partial charge in [0.05, 0.1) is 75.4 Å². The van der Waals surface area contributed by atoms with Crippen molar-refractivity contribution in [1.82, 2.24) is 24.1 Å². The Morgan fingerprint density at radius 3 is 1.37 bits per heavy atom. The van der Waals surface area contributed by atoms with Crippen LogP contribution in [0.15, 0.2) is 170 Å². The Morgan fingerprint density at radius 2 is 0.897 bits per heavy atom. The van der Waals surface area contributed by atoms with Gasteiger partial charge in [-0.3, -0.25) is 0 Å². The Balaban J connectivity index is 1.27. The van der Waals surface area contributed by atoms with E-state index in [1.807, 2.05) is 75.9 Å². The first-order valence-corrected chi connectivity index (χ1v) is 21.1. The molecule has 0 bridgehead atoms. The molecule has 11 aromatic rings. The molecule has 0 radical (unpaired) electrons.